The van der Waals surface area contributed by atoms with Gasteiger partial charge < -0.3 is 4.74 Å². The highest BCUT2D eigenvalue weighted by molar-refractivity contribution is 5.82. The van der Waals surface area contributed by atoms with Crippen LogP contribution in [0.4, 0.5) is 0 Å². The minimum absolute atomic E-state index is 0.0891. The number of carbonyl (C=O) groups is 1. The molecular weight excluding hydrogens is 236 g/mol. The second-order valence-corrected chi connectivity index (χ2v) is 4.76. The van der Waals surface area contributed by atoms with Crippen molar-refractivity contribution in [3.8, 4) is 5.75 Å². The monoisotopic (exact) mass is 254 g/mol. The fourth-order valence-corrected chi connectivity index (χ4v) is 1.99. The van der Waals surface area contributed by atoms with Crippen LogP contribution < -0.4 is 4.74 Å². The van der Waals surface area contributed by atoms with Gasteiger partial charge in [0.1, 0.15) is 12.4 Å². The molecule has 0 saturated carbocycles. The first kappa shape index (κ1) is 13.3. The molecule has 2 aromatic rings. The molecule has 0 amide bonds. The smallest absolute Gasteiger partial charge is 0.174 e. The van der Waals surface area contributed by atoms with Gasteiger partial charge in [-0.3, -0.25) is 4.79 Å². The van der Waals surface area contributed by atoms with Gasteiger partial charge in [-0.1, -0.05) is 48.0 Å². The minimum atomic E-state index is 0.0891. The van der Waals surface area contributed by atoms with Crippen molar-refractivity contribution in [1.29, 1.82) is 0 Å². The molecule has 2 nitrogen and oxygen atoms in total. The average molecular weight is 254 g/mol. The minimum Gasteiger partial charge on any atom is -0.486 e. The fourth-order valence-electron chi connectivity index (χ4n) is 1.99. The second kappa shape index (κ2) is 6.19. The Labute approximate surface area is 114 Å². The van der Waals surface area contributed by atoms with Crippen molar-refractivity contribution in [2.24, 2.45) is 0 Å². The zero-order chi connectivity index (χ0) is 13.7. The summed E-state index contributed by atoms with van der Waals surface area (Å²) in [6.07, 6.45) is 0.422. The quantitative estimate of drug-likeness (QED) is 0.816. The molecule has 0 aliphatic carbocycles. The molecule has 0 saturated heterocycles. The van der Waals surface area contributed by atoms with E-state index in [1.807, 2.05) is 56.3 Å². The first-order valence-electron chi connectivity index (χ1n) is 6.41. The molecule has 2 heteroatoms. The number of ether oxygens (including phenoxy) is 1. The number of aryl methyl sites for hydroxylation is 2. The maximum absolute atomic E-state index is 11.8. The summed E-state index contributed by atoms with van der Waals surface area (Å²) < 4.78 is 5.58. The Balaban J connectivity index is 1.90. The lowest BCUT2D eigenvalue weighted by molar-refractivity contribution is -0.120. The molecule has 19 heavy (non-hydrogen) atoms. The SMILES string of the molecule is Cc1ccc(OCC(=O)Cc2ccccc2)c(C)c1. The maximum atomic E-state index is 11.8. The van der Waals surface area contributed by atoms with E-state index in [4.69, 9.17) is 4.74 Å². The first-order valence-corrected chi connectivity index (χ1v) is 6.41. The van der Waals surface area contributed by atoms with E-state index < -0.39 is 0 Å². The molecule has 0 radical (unpaired) electrons. The largest absolute Gasteiger partial charge is 0.486 e. The Bertz CT molecular complexity index is 559. The molecule has 0 aromatic heterocycles. The van der Waals surface area contributed by atoms with Crippen molar-refractivity contribution in [3.05, 3.63) is 65.2 Å². The Hall–Kier alpha value is -2.09. The van der Waals surface area contributed by atoms with Crippen molar-refractivity contribution in [2.45, 2.75) is 20.3 Å². The predicted molar refractivity (Wildman–Crippen MR) is 76.6 cm³/mol. The van der Waals surface area contributed by atoms with Crippen LogP contribution in [-0.4, -0.2) is 12.4 Å². The summed E-state index contributed by atoms with van der Waals surface area (Å²) in [6, 6.07) is 15.7. The number of ketones is 1. The third kappa shape index (κ3) is 3.95. The van der Waals surface area contributed by atoms with E-state index in [1.54, 1.807) is 0 Å². The molecular formula is C17H18O2. The molecule has 0 aliphatic heterocycles. The van der Waals surface area contributed by atoms with E-state index in [1.165, 1.54) is 5.56 Å². The van der Waals surface area contributed by atoms with Crippen molar-refractivity contribution >= 4 is 5.78 Å². The zero-order valence-electron chi connectivity index (χ0n) is 11.3. The van der Waals surface area contributed by atoms with E-state index in [0.717, 1.165) is 16.9 Å². The van der Waals surface area contributed by atoms with Gasteiger partial charge in [0.15, 0.2) is 5.78 Å². The summed E-state index contributed by atoms with van der Waals surface area (Å²) in [5.74, 6) is 0.873. The molecule has 0 spiro atoms. The molecule has 0 heterocycles. The molecule has 0 N–H and O–H groups in total. The van der Waals surface area contributed by atoms with Gasteiger partial charge in [0.05, 0.1) is 0 Å². The number of hydrogen-bond acceptors (Lipinski definition) is 2. The van der Waals surface area contributed by atoms with Gasteiger partial charge in [-0.2, -0.15) is 0 Å². The van der Waals surface area contributed by atoms with Crippen LogP contribution in [-0.2, 0) is 11.2 Å². The molecule has 0 bridgehead atoms. The lowest BCUT2D eigenvalue weighted by Crippen LogP contribution is -2.14. The molecule has 0 unspecified atom stereocenters. The third-order valence-electron chi connectivity index (χ3n) is 2.96. The highest BCUT2D eigenvalue weighted by Gasteiger charge is 2.06. The van der Waals surface area contributed by atoms with E-state index in [0.29, 0.717) is 6.42 Å². The van der Waals surface area contributed by atoms with Crippen LogP contribution in [0, 0.1) is 13.8 Å². The lowest BCUT2D eigenvalue weighted by atomic mass is 10.1. The highest BCUT2D eigenvalue weighted by atomic mass is 16.5. The summed E-state index contributed by atoms with van der Waals surface area (Å²) in [6.45, 7) is 4.15. The van der Waals surface area contributed by atoms with Crippen LogP contribution in [0.15, 0.2) is 48.5 Å². The maximum Gasteiger partial charge on any atom is 0.174 e. The standard InChI is InChI=1S/C17H18O2/c1-13-8-9-17(14(2)10-13)19-12-16(18)11-15-6-4-3-5-7-15/h3-10H,11-12H2,1-2H3. The molecule has 2 aromatic carbocycles. The van der Waals surface area contributed by atoms with Gasteiger partial charge in [-0.25, -0.2) is 0 Å². The van der Waals surface area contributed by atoms with Crippen molar-refractivity contribution < 1.29 is 9.53 Å². The average Bonchev–Trinajstić information content (AvgIpc) is 2.39. The van der Waals surface area contributed by atoms with E-state index >= 15 is 0 Å². The molecule has 0 atom stereocenters. The molecule has 0 aliphatic rings. The van der Waals surface area contributed by atoms with E-state index in [9.17, 15) is 4.79 Å². The lowest BCUT2D eigenvalue weighted by Gasteiger charge is -2.09. The number of hydrogen-bond donors (Lipinski definition) is 0. The number of Topliss-reactive ketones (excluding diaryl/α,β-unsaturated/α-hetero) is 1. The topological polar surface area (TPSA) is 26.3 Å². The normalized spacial score (nSPS) is 10.2. The first-order chi connectivity index (χ1) is 9.15. The highest BCUT2D eigenvalue weighted by Crippen LogP contribution is 2.18. The van der Waals surface area contributed by atoms with E-state index in [2.05, 4.69) is 6.07 Å². The summed E-state index contributed by atoms with van der Waals surface area (Å²) >= 11 is 0. The van der Waals surface area contributed by atoms with Crippen molar-refractivity contribution in [1.82, 2.24) is 0 Å². The number of carbonyl (C=O) groups excluding carboxylic acids is 1. The third-order valence-corrected chi connectivity index (χ3v) is 2.96. The van der Waals surface area contributed by atoms with Crippen molar-refractivity contribution in [3.63, 3.8) is 0 Å². The van der Waals surface area contributed by atoms with Crippen LogP contribution >= 0.6 is 0 Å². The Morgan fingerprint density at radius 3 is 2.47 bits per heavy atom. The summed E-state index contributed by atoms with van der Waals surface area (Å²) in [4.78, 5) is 11.8. The second-order valence-electron chi connectivity index (χ2n) is 4.76. The van der Waals surface area contributed by atoms with Gasteiger partial charge in [0.25, 0.3) is 0 Å². The van der Waals surface area contributed by atoms with Crippen LogP contribution in [0.2, 0.25) is 0 Å². The summed E-state index contributed by atoms with van der Waals surface area (Å²) in [5.41, 5.74) is 3.28. The molecule has 98 valence electrons. The summed E-state index contributed by atoms with van der Waals surface area (Å²) in [5, 5.41) is 0. The molecule has 0 fully saturated rings. The Kier molecular flexibility index (Phi) is 4.35. The predicted octanol–water partition coefficient (Wildman–Crippen LogP) is 3.49. The van der Waals surface area contributed by atoms with Gasteiger partial charge in [-0.05, 0) is 31.0 Å². The Morgan fingerprint density at radius 2 is 1.79 bits per heavy atom. The molecule has 2 rings (SSSR count). The fraction of sp³-hybridized carbons (Fsp3) is 0.235. The zero-order valence-corrected chi connectivity index (χ0v) is 11.3. The van der Waals surface area contributed by atoms with Crippen molar-refractivity contribution in [2.75, 3.05) is 6.61 Å². The number of rotatable bonds is 5. The van der Waals surface area contributed by atoms with Crippen LogP contribution in [0.25, 0.3) is 0 Å². The Morgan fingerprint density at radius 1 is 1.05 bits per heavy atom. The van der Waals surface area contributed by atoms with Crippen LogP contribution in [0.1, 0.15) is 16.7 Å². The van der Waals surface area contributed by atoms with Gasteiger partial charge in [0, 0.05) is 6.42 Å². The van der Waals surface area contributed by atoms with Gasteiger partial charge >= 0.3 is 0 Å². The number of benzene rings is 2. The van der Waals surface area contributed by atoms with Gasteiger partial charge in [-0.15, -0.1) is 0 Å². The van der Waals surface area contributed by atoms with E-state index in [-0.39, 0.29) is 12.4 Å². The van der Waals surface area contributed by atoms with Gasteiger partial charge in [0.2, 0.25) is 0 Å². The van der Waals surface area contributed by atoms with Crippen LogP contribution in [0.3, 0.4) is 0 Å². The summed E-state index contributed by atoms with van der Waals surface area (Å²) in [7, 11) is 0. The van der Waals surface area contributed by atoms with Crippen LogP contribution in [0.5, 0.6) is 5.75 Å².